The highest BCUT2D eigenvalue weighted by Crippen LogP contribution is 2.22. The first-order chi connectivity index (χ1) is 12.2. The number of halogens is 1. The van der Waals surface area contributed by atoms with Crippen LogP contribution in [-0.4, -0.2) is 23.0 Å². The van der Waals surface area contributed by atoms with E-state index in [1.54, 1.807) is 31.4 Å². The maximum atomic E-state index is 12.2. The third kappa shape index (κ3) is 4.24. The summed E-state index contributed by atoms with van der Waals surface area (Å²) in [5.41, 5.74) is 1.52. The van der Waals surface area contributed by atoms with E-state index in [0.29, 0.717) is 16.5 Å². The van der Waals surface area contributed by atoms with Crippen LogP contribution in [0, 0.1) is 0 Å². The predicted octanol–water partition coefficient (Wildman–Crippen LogP) is 4.13. The molecule has 0 aliphatic heterocycles. The van der Waals surface area contributed by atoms with Gasteiger partial charge in [0.15, 0.2) is 0 Å². The number of anilines is 3. The summed E-state index contributed by atoms with van der Waals surface area (Å²) in [4.78, 5) is 20.5. The first kappa shape index (κ1) is 16.7. The highest BCUT2D eigenvalue weighted by molar-refractivity contribution is 6.33. The average molecular weight is 355 g/mol. The van der Waals surface area contributed by atoms with Crippen LogP contribution in [0.15, 0.2) is 60.9 Å². The Hall–Kier alpha value is -3.12. The quantitative estimate of drug-likeness (QED) is 0.720. The summed E-state index contributed by atoms with van der Waals surface area (Å²) in [6, 6.07) is 14.4. The van der Waals surface area contributed by atoms with Gasteiger partial charge in [-0.25, -0.2) is 9.97 Å². The molecule has 1 heterocycles. The van der Waals surface area contributed by atoms with E-state index in [9.17, 15) is 4.79 Å². The standard InChI is InChI=1S/C18H15ClN4O2/c1-25-13-6-4-5-12(9-13)22-17-11-20-16(10-21-17)18(24)23-15-8-3-2-7-14(15)19/h2-11H,1H3,(H,21,22)(H,23,24). The molecule has 0 saturated carbocycles. The Morgan fingerprint density at radius 2 is 1.92 bits per heavy atom. The molecule has 7 heteroatoms. The lowest BCUT2D eigenvalue weighted by molar-refractivity contribution is 0.102. The Morgan fingerprint density at radius 3 is 2.64 bits per heavy atom. The summed E-state index contributed by atoms with van der Waals surface area (Å²) in [5, 5.41) is 6.26. The molecule has 3 rings (SSSR count). The average Bonchev–Trinajstić information content (AvgIpc) is 2.64. The van der Waals surface area contributed by atoms with Crippen molar-refractivity contribution >= 4 is 34.7 Å². The normalized spacial score (nSPS) is 10.2. The molecule has 126 valence electrons. The van der Waals surface area contributed by atoms with Crippen LogP contribution >= 0.6 is 11.6 Å². The monoisotopic (exact) mass is 354 g/mol. The smallest absolute Gasteiger partial charge is 0.275 e. The van der Waals surface area contributed by atoms with Gasteiger partial charge < -0.3 is 15.4 Å². The number of carbonyl (C=O) groups excluding carboxylic acids is 1. The van der Waals surface area contributed by atoms with E-state index < -0.39 is 0 Å². The number of hydrogen-bond donors (Lipinski definition) is 2. The maximum absolute atomic E-state index is 12.2. The van der Waals surface area contributed by atoms with Crippen LogP contribution in [0.4, 0.5) is 17.2 Å². The molecule has 0 aliphatic rings. The number of rotatable bonds is 5. The zero-order valence-electron chi connectivity index (χ0n) is 13.4. The summed E-state index contributed by atoms with van der Waals surface area (Å²) in [6.07, 6.45) is 2.88. The lowest BCUT2D eigenvalue weighted by Crippen LogP contribution is -2.14. The van der Waals surface area contributed by atoms with Gasteiger partial charge in [0.05, 0.1) is 30.2 Å². The van der Waals surface area contributed by atoms with Crippen LogP contribution in [0.3, 0.4) is 0 Å². The van der Waals surface area contributed by atoms with Crippen LogP contribution < -0.4 is 15.4 Å². The fraction of sp³-hybridized carbons (Fsp3) is 0.0556. The molecule has 0 atom stereocenters. The summed E-state index contributed by atoms with van der Waals surface area (Å²) in [6.45, 7) is 0. The van der Waals surface area contributed by atoms with Crippen LogP contribution in [0.2, 0.25) is 5.02 Å². The predicted molar refractivity (Wildman–Crippen MR) is 97.7 cm³/mol. The molecule has 0 fully saturated rings. The Kier molecular flexibility index (Phi) is 5.11. The fourth-order valence-electron chi connectivity index (χ4n) is 2.11. The number of methoxy groups -OCH3 is 1. The van der Waals surface area contributed by atoms with Crippen molar-refractivity contribution in [1.82, 2.24) is 9.97 Å². The van der Waals surface area contributed by atoms with Crippen molar-refractivity contribution < 1.29 is 9.53 Å². The number of benzene rings is 2. The summed E-state index contributed by atoms with van der Waals surface area (Å²) >= 11 is 6.03. The minimum absolute atomic E-state index is 0.191. The van der Waals surface area contributed by atoms with Crippen molar-refractivity contribution in [2.75, 3.05) is 17.7 Å². The molecular formula is C18H15ClN4O2. The Morgan fingerprint density at radius 1 is 1.08 bits per heavy atom. The van der Waals surface area contributed by atoms with E-state index in [1.165, 1.54) is 12.4 Å². The zero-order chi connectivity index (χ0) is 17.6. The van der Waals surface area contributed by atoms with Gasteiger partial charge in [0, 0.05) is 11.8 Å². The number of amides is 1. The number of nitrogens with one attached hydrogen (secondary N) is 2. The van der Waals surface area contributed by atoms with Gasteiger partial charge in [-0.3, -0.25) is 4.79 Å². The number of para-hydroxylation sites is 1. The SMILES string of the molecule is COc1cccc(Nc2cnc(C(=O)Nc3ccccc3Cl)cn2)c1. The first-order valence-corrected chi connectivity index (χ1v) is 7.82. The molecule has 0 bridgehead atoms. The Balaban J connectivity index is 1.69. The molecule has 6 nitrogen and oxygen atoms in total. The second kappa shape index (κ2) is 7.63. The molecular weight excluding hydrogens is 340 g/mol. The van der Waals surface area contributed by atoms with Gasteiger partial charge in [-0.2, -0.15) is 0 Å². The number of carbonyl (C=O) groups is 1. The third-order valence-electron chi connectivity index (χ3n) is 3.35. The molecule has 0 spiro atoms. The van der Waals surface area contributed by atoms with E-state index in [1.807, 2.05) is 24.3 Å². The van der Waals surface area contributed by atoms with E-state index in [-0.39, 0.29) is 11.6 Å². The van der Waals surface area contributed by atoms with Crippen molar-refractivity contribution in [2.24, 2.45) is 0 Å². The number of aromatic nitrogens is 2. The molecule has 1 aromatic heterocycles. The molecule has 1 amide bonds. The maximum Gasteiger partial charge on any atom is 0.275 e. The van der Waals surface area contributed by atoms with Gasteiger partial charge in [0.25, 0.3) is 5.91 Å². The van der Waals surface area contributed by atoms with E-state index in [4.69, 9.17) is 16.3 Å². The van der Waals surface area contributed by atoms with Crippen molar-refractivity contribution in [3.63, 3.8) is 0 Å². The Bertz CT molecular complexity index is 884. The molecule has 0 saturated heterocycles. The zero-order valence-corrected chi connectivity index (χ0v) is 14.1. The van der Waals surface area contributed by atoms with Gasteiger partial charge in [-0.1, -0.05) is 29.8 Å². The van der Waals surface area contributed by atoms with Crippen LogP contribution in [-0.2, 0) is 0 Å². The largest absolute Gasteiger partial charge is 0.497 e. The van der Waals surface area contributed by atoms with Crippen LogP contribution in [0.1, 0.15) is 10.5 Å². The van der Waals surface area contributed by atoms with Gasteiger partial charge >= 0.3 is 0 Å². The van der Waals surface area contributed by atoms with Gasteiger partial charge in [-0.15, -0.1) is 0 Å². The molecule has 25 heavy (non-hydrogen) atoms. The molecule has 2 N–H and O–H groups in total. The number of hydrogen-bond acceptors (Lipinski definition) is 5. The molecule has 2 aromatic carbocycles. The van der Waals surface area contributed by atoms with Gasteiger partial charge in [-0.05, 0) is 24.3 Å². The topological polar surface area (TPSA) is 76.1 Å². The number of ether oxygens (including phenoxy) is 1. The lowest BCUT2D eigenvalue weighted by atomic mass is 10.3. The van der Waals surface area contributed by atoms with E-state index in [2.05, 4.69) is 20.6 Å². The highest BCUT2D eigenvalue weighted by atomic mass is 35.5. The highest BCUT2D eigenvalue weighted by Gasteiger charge is 2.10. The number of nitrogens with zero attached hydrogens (tertiary/aromatic N) is 2. The van der Waals surface area contributed by atoms with Gasteiger partial charge in [0.1, 0.15) is 17.3 Å². The Labute approximate surface area is 149 Å². The summed E-state index contributed by atoms with van der Waals surface area (Å²) < 4.78 is 5.17. The minimum atomic E-state index is -0.381. The van der Waals surface area contributed by atoms with E-state index >= 15 is 0 Å². The van der Waals surface area contributed by atoms with Crippen molar-refractivity contribution in [2.45, 2.75) is 0 Å². The lowest BCUT2D eigenvalue weighted by Gasteiger charge is -2.08. The molecule has 0 radical (unpaired) electrons. The van der Waals surface area contributed by atoms with Crippen LogP contribution in [0.5, 0.6) is 5.75 Å². The summed E-state index contributed by atoms with van der Waals surface area (Å²) in [5.74, 6) is 0.866. The molecule has 0 aliphatic carbocycles. The second-order valence-corrected chi connectivity index (χ2v) is 5.49. The van der Waals surface area contributed by atoms with Crippen molar-refractivity contribution in [3.05, 3.63) is 71.6 Å². The molecule has 0 unspecified atom stereocenters. The first-order valence-electron chi connectivity index (χ1n) is 7.45. The van der Waals surface area contributed by atoms with Crippen molar-refractivity contribution in [1.29, 1.82) is 0 Å². The molecule has 3 aromatic rings. The minimum Gasteiger partial charge on any atom is -0.497 e. The fourth-order valence-corrected chi connectivity index (χ4v) is 2.29. The third-order valence-corrected chi connectivity index (χ3v) is 3.68. The second-order valence-electron chi connectivity index (χ2n) is 5.08. The van der Waals surface area contributed by atoms with E-state index in [0.717, 1.165) is 11.4 Å². The van der Waals surface area contributed by atoms with Crippen LogP contribution in [0.25, 0.3) is 0 Å². The summed E-state index contributed by atoms with van der Waals surface area (Å²) in [7, 11) is 1.60. The van der Waals surface area contributed by atoms with Gasteiger partial charge in [0.2, 0.25) is 0 Å². The van der Waals surface area contributed by atoms with Crippen molar-refractivity contribution in [3.8, 4) is 5.75 Å².